The summed E-state index contributed by atoms with van der Waals surface area (Å²) in [6.45, 7) is 2.08. The lowest BCUT2D eigenvalue weighted by molar-refractivity contribution is -0.137. The number of carbonyl (C=O) groups excluding carboxylic acids is 1. The van der Waals surface area contributed by atoms with Crippen LogP contribution < -0.4 is 5.56 Å². The van der Waals surface area contributed by atoms with E-state index in [0.29, 0.717) is 12.3 Å². The quantitative estimate of drug-likeness (QED) is 0.548. The first-order valence-electron chi connectivity index (χ1n) is 4.66. The fraction of sp³-hybridized carbons (Fsp3) is 0.273. The topological polar surface area (TPSA) is 48.3 Å². The molecular weight excluding hydrogens is 194 g/mol. The summed E-state index contributed by atoms with van der Waals surface area (Å²) in [7, 11) is 1.65. The number of hydrogen-bond acceptors (Lipinski definition) is 3. The molecule has 80 valence electrons. The highest BCUT2D eigenvalue weighted by atomic mass is 16.5. The van der Waals surface area contributed by atoms with Gasteiger partial charge in [-0.2, -0.15) is 0 Å². The predicted octanol–water partition coefficient (Wildman–Crippen LogP) is 0.962. The maximum Gasteiger partial charge on any atom is 0.330 e. The van der Waals surface area contributed by atoms with Gasteiger partial charge in [0, 0.05) is 24.9 Å². The molecule has 0 saturated heterocycles. The molecule has 0 atom stereocenters. The maximum absolute atomic E-state index is 11.2. The lowest BCUT2D eigenvalue weighted by Gasteiger charge is -2.01. The fourth-order valence-electron chi connectivity index (χ4n) is 1.09. The van der Waals surface area contributed by atoms with Gasteiger partial charge in [-0.3, -0.25) is 4.79 Å². The predicted molar refractivity (Wildman–Crippen MR) is 57.4 cm³/mol. The van der Waals surface area contributed by atoms with Gasteiger partial charge in [0.15, 0.2) is 0 Å². The monoisotopic (exact) mass is 207 g/mol. The molecule has 0 aromatic carbocycles. The highest BCUT2D eigenvalue weighted by Gasteiger charge is 1.97. The van der Waals surface area contributed by atoms with Crippen LogP contribution in [-0.4, -0.2) is 17.1 Å². The zero-order valence-electron chi connectivity index (χ0n) is 8.77. The summed E-state index contributed by atoms with van der Waals surface area (Å²) in [5.41, 5.74) is 0.552. The van der Waals surface area contributed by atoms with E-state index in [1.165, 1.54) is 16.7 Å². The Balaban J connectivity index is 2.85. The lowest BCUT2D eigenvalue weighted by Crippen LogP contribution is -2.16. The van der Waals surface area contributed by atoms with E-state index < -0.39 is 5.97 Å². The molecule has 0 aliphatic heterocycles. The second-order valence-corrected chi connectivity index (χ2v) is 2.93. The first kappa shape index (κ1) is 11.2. The molecule has 4 nitrogen and oxygen atoms in total. The minimum atomic E-state index is -0.409. The molecule has 0 amide bonds. The van der Waals surface area contributed by atoms with Gasteiger partial charge in [-0.1, -0.05) is 6.07 Å². The summed E-state index contributed by atoms with van der Waals surface area (Å²) >= 11 is 0. The fourth-order valence-corrected chi connectivity index (χ4v) is 1.09. The van der Waals surface area contributed by atoms with Crippen LogP contribution >= 0.6 is 0 Å². The van der Waals surface area contributed by atoms with Crippen molar-refractivity contribution >= 4 is 12.0 Å². The zero-order chi connectivity index (χ0) is 11.3. The number of aromatic nitrogens is 1. The molecule has 1 heterocycles. The summed E-state index contributed by atoms with van der Waals surface area (Å²) in [6, 6.07) is 4.85. The van der Waals surface area contributed by atoms with Crippen LogP contribution in [0.4, 0.5) is 0 Å². The molecule has 0 fully saturated rings. The smallest absolute Gasteiger partial charge is 0.330 e. The highest BCUT2D eigenvalue weighted by Crippen LogP contribution is 1.97. The van der Waals surface area contributed by atoms with Gasteiger partial charge in [0.2, 0.25) is 0 Å². The van der Waals surface area contributed by atoms with Gasteiger partial charge in [-0.05, 0) is 19.1 Å². The van der Waals surface area contributed by atoms with E-state index in [4.69, 9.17) is 4.74 Å². The van der Waals surface area contributed by atoms with Gasteiger partial charge in [0.05, 0.1) is 6.61 Å². The second-order valence-electron chi connectivity index (χ2n) is 2.93. The Morgan fingerprint density at radius 2 is 2.27 bits per heavy atom. The molecule has 0 aliphatic carbocycles. The van der Waals surface area contributed by atoms with E-state index in [0.717, 1.165) is 0 Å². The van der Waals surface area contributed by atoms with E-state index in [9.17, 15) is 9.59 Å². The minimum absolute atomic E-state index is 0.110. The highest BCUT2D eigenvalue weighted by molar-refractivity contribution is 5.86. The van der Waals surface area contributed by atoms with Crippen LogP contribution in [0.15, 0.2) is 29.1 Å². The number of carbonyl (C=O) groups is 1. The Morgan fingerprint density at radius 3 is 2.93 bits per heavy atom. The van der Waals surface area contributed by atoms with Crippen LogP contribution in [0, 0.1) is 0 Å². The first-order chi connectivity index (χ1) is 7.15. The van der Waals surface area contributed by atoms with Crippen molar-refractivity contribution in [3.8, 4) is 0 Å². The molecule has 0 spiro atoms. The van der Waals surface area contributed by atoms with E-state index in [1.807, 2.05) is 0 Å². The van der Waals surface area contributed by atoms with Crippen molar-refractivity contribution in [1.82, 2.24) is 4.57 Å². The van der Waals surface area contributed by atoms with Gasteiger partial charge < -0.3 is 9.30 Å². The Morgan fingerprint density at radius 1 is 1.53 bits per heavy atom. The standard InChI is InChI=1S/C11H13NO3/c1-3-15-11(14)8-7-9-5-4-6-10(13)12(9)2/h4-8H,3H2,1-2H3/b8-7+. The zero-order valence-corrected chi connectivity index (χ0v) is 8.77. The average Bonchev–Trinajstić information content (AvgIpc) is 2.21. The van der Waals surface area contributed by atoms with Crippen LogP contribution in [-0.2, 0) is 16.6 Å². The Kier molecular flexibility index (Phi) is 3.85. The third-order valence-electron chi connectivity index (χ3n) is 1.90. The normalized spacial score (nSPS) is 10.5. The Bertz CT molecular complexity index is 432. The lowest BCUT2D eigenvalue weighted by atomic mass is 10.3. The van der Waals surface area contributed by atoms with Gasteiger partial charge >= 0.3 is 5.97 Å². The van der Waals surface area contributed by atoms with Crippen LogP contribution in [0.5, 0.6) is 0 Å². The number of hydrogen-bond donors (Lipinski definition) is 0. The van der Waals surface area contributed by atoms with Crippen molar-refractivity contribution in [1.29, 1.82) is 0 Å². The van der Waals surface area contributed by atoms with Crippen molar-refractivity contribution < 1.29 is 9.53 Å². The van der Waals surface area contributed by atoms with E-state index in [2.05, 4.69) is 0 Å². The third kappa shape index (κ3) is 3.09. The summed E-state index contributed by atoms with van der Waals surface area (Å²) < 4.78 is 6.17. The van der Waals surface area contributed by atoms with Crippen molar-refractivity contribution in [2.45, 2.75) is 6.92 Å². The number of ether oxygens (including phenoxy) is 1. The number of nitrogens with zero attached hydrogens (tertiary/aromatic N) is 1. The molecule has 1 rings (SSSR count). The number of pyridine rings is 1. The minimum Gasteiger partial charge on any atom is -0.463 e. The summed E-state index contributed by atoms with van der Waals surface area (Å²) in [4.78, 5) is 22.2. The number of rotatable bonds is 3. The molecule has 1 aromatic rings. The Labute approximate surface area is 87.8 Å². The molecule has 0 unspecified atom stereocenters. The maximum atomic E-state index is 11.2. The van der Waals surface area contributed by atoms with E-state index in [1.54, 1.807) is 32.2 Å². The molecular formula is C11H13NO3. The van der Waals surface area contributed by atoms with Crippen molar-refractivity contribution in [2.24, 2.45) is 7.05 Å². The van der Waals surface area contributed by atoms with Crippen LogP contribution in [0.3, 0.4) is 0 Å². The first-order valence-corrected chi connectivity index (χ1v) is 4.66. The number of esters is 1. The van der Waals surface area contributed by atoms with E-state index >= 15 is 0 Å². The van der Waals surface area contributed by atoms with Crippen LogP contribution in [0.25, 0.3) is 6.08 Å². The molecule has 15 heavy (non-hydrogen) atoms. The van der Waals surface area contributed by atoms with Gasteiger partial charge in [0.1, 0.15) is 0 Å². The molecule has 0 N–H and O–H groups in total. The van der Waals surface area contributed by atoms with Crippen molar-refractivity contribution in [3.63, 3.8) is 0 Å². The van der Waals surface area contributed by atoms with Crippen molar-refractivity contribution in [2.75, 3.05) is 6.61 Å². The van der Waals surface area contributed by atoms with Gasteiger partial charge in [-0.15, -0.1) is 0 Å². The van der Waals surface area contributed by atoms with E-state index in [-0.39, 0.29) is 5.56 Å². The van der Waals surface area contributed by atoms with Crippen molar-refractivity contribution in [3.05, 3.63) is 40.3 Å². The average molecular weight is 207 g/mol. The molecule has 4 heteroatoms. The van der Waals surface area contributed by atoms with Crippen LogP contribution in [0.1, 0.15) is 12.6 Å². The molecule has 0 aliphatic rings. The largest absolute Gasteiger partial charge is 0.463 e. The SMILES string of the molecule is CCOC(=O)/C=C/c1cccc(=O)n1C. The molecule has 0 bridgehead atoms. The molecule has 0 radical (unpaired) electrons. The summed E-state index contributed by atoms with van der Waals surface area (Å²) in [5.74, 6) is -0.409. The third-order valence-corrected chi connectivity index (χ3v) is 1.90. The molecule has 0 saturated carbocycles. The molecule has 1 aromatic heterocycles. The van der Waals surface area contributed by atoms with Crippen LogP contribution in [0.2, 0.25) is 0 Å². The van der Waals surface area contributed by atoms with Gasteiger partial charge in [0.25, 0.3) is 5.56 Å². The second kappa shape index (κ2) is 5.14. The van der Waals surface area contributed by atoms with Gasteiger partial charge in [-0.25, -0.2) is 4.79 Å². The summed E-state index contributed by atoms with van der Waals surface area (Å²) in [6.07, 6.45) is 2.86. The Hall–Kier alpha value is -1.84. The summed E-state index contributed by atoms with van der Waals surface area (Å²) in [5, 5.41) is 0.